The SMILES string of the molecule is Fc1cc(Br)cc(CC(CNC2CC2)C2CCCC2)c1. The zero-order valence-corrected chi connectivity index (χ0v) is 13.5. The van der Waals surface area contributed by atoms with Crippen LogP contribution in [-0.4, -0.2) is 12.6 Å². The number of halogens is 2. The van der Waals surface area contributed by atoms with E-state index in [0.717, 1.165) is 35.0 Å². The molecular weight excluding hydrogens is 317 g/mol. The number of nitrogens with one attached hydrogen (secondary N) is 1. The molecule has 3 heteroatoms. The van der Waals surface area contributed by atoms with Crippen LogP contribution in [0.15, 0.2) is 22.7 Å². The van der Waals surface area contributed by atoms with Crippen LogP contribution in [0, 0.1) is 17.7 Å². The molecule has 0 heterocycles. The highest BCUT2D eigenvalue weighted by Gasteiger charge is 2.28. The van der Waals surface area contributed by atoms with Crippen LogP contribution in [0.1, 0.15) is 44.1 Å². The van der Waals surface area contributed by atoms with E-state index >= 15 is 0 Å². The molecule has 1 nitrogen and oxygen atoms in total. The van der Waals surface area contributed by atoms with E-state index in [1.807, 2.05) is 0 Å². The fourth-order valence-electron chi connectivity index (χ4n) is 3.47. The highest BCUT2D eigenvalue weighted by Crippen LogP contribution is 2.34. The van der Waals surface area contributed by atoms with Gasteiger partial charge in [0, 0.05) is 10.5 Å². The molecule has 3 rings (SSSR count). The van der Waals surface area contributed by atoms with E-state index in [4.69, 9.17) is 0 Å². The molecule has 2 aliphatic carbocycles. The normalized spacial score (nSPS) is 21.3. The Kier molecular flexibility index (Phi) is 4.77. The number of rotatable bonds is 6. The Balaban J connectivity index is 1.66. The minimum absolute atomic E-state index is 0.130. The van der Waals surface area contributed by atoms with Gasteiger partial charge in [-0.15, -0.1) is 0 Å². The van der Waals surface area contributed by atoms with E-state index in [9.17, 15) is 4.39 Å². The molecule has 1 unspecified atom stereocenters. The number of hydrogen-bond acceptors (Lipinski definition) is 1. The molecule has 1 aromatic carbocycles. The fraction of sp³-hybridized carbons (Fsp3) is 0.647. The standard InChI is InChI=1S/C17H23BrFN/c18-15-8-12(9-16(19)10-15)7-14(11-20-17-5-6-17)13-3-1-2-4-13/h8-10,13-14,17,20H,1-7,11H2. The van der Waals surface area contributed by atoms with Crippen LogP contribution < -0.4 is 5.32 Å². The summed E-state index contributed by atoms with van der Waals surface area (Å²) in [6.07, 6.45) is 9.13. The van der Waals surface area contributed by atoms with Crippen LogP contribution in [0.2, 0.25) is 0 Å². The quantitative estimate of drug-likeness (QED) is 0.792. The van der Waals surface area contributed by atoms with Gasteiger partial charge in [-0.05, 0) is 61.4 Å². The summed E-state index contributed by atoms with van der Waals surface area (Å²) in [7, 11) is 0. The lowest BCUT2D eigenvalue weighted by Crippen LogP contribution is -2.30. The van der Waals surface area contributed by atoms with Crippen LogP contribution >= 0.6 is 15.9 Å². The first-order valence-electron chi connectivity index (χ1n) is 7.89. The second-order valence-corrected chi connectivity index (χ2v) is 7.38. The van der Waals surface area contributed by atoms with Gasteiger partial charge in [0.05, 0.1) is 0 Å². The molecule has 110 valence electrons. The average Bonchev–Trinajstić information content (AvgIpc) is 3.05. The lowest BCUT2D eigenvalue weighted by molar-refractivity contribution is 0.320. The Bertz CT molecular complexity index is 432. The molecule has 0 aliphatic heterocycles. The monoisotopic (exact) mass is 339 g/mol. The summed E-state index contributed by atoms with van der Waals surface area (Å²) >= 11 is 3.40. The molecule has 0 amide bonds. The summed E-state index contributed by atoms with van der Waals surface area (Å²) in [4.78, 5) is 0. The molecular formula is C17H23BrFN. The second kappa shape index (κ2) is 6.57. The van der Waals surface area contributed by atoms with Gasteiger partial charge in [0.25, 0.3) is 0 Å². The van der Waals surface area contributed by atoms with Gasteiger partial charge in [-0.3, -0.25) is 0 Å². The maximum absolute atomic E-state index is 13.5. The third kappa shape index (κ3) is 4.05. The lowest BCUT2D eigenvalue weighted by Gasteiger charge is -2.24. The Labute approximate surface area is 129 Å². The van der Waals surface area contributed by atoms with Crippen molar-refractivity contribution in [3.05, 3.63) is 34.1 Å². The van der Waals surface area contributed by atoms with E-state index < -0.39 is 0 Å². The molecule has 20 heavy (non-hydrogen) atoms. The largest absolute Gasteiger partial charge is 0.314 e. The van der Waals surface area contributed by atoms with Crippen molar-refractivity contribution in [3.63, 3.8) is 0 Å². The second-order valence-electron chi connectivity index (χ2n) is 6.47. The summed E-state index contributed by atoms with van der Waals surface area (Å²) in [6.45, 7) is 1.10. The maximum Gasteiger partial charge on any atom is 0.124 e. The lowest BCUT2D eigenvalue weighted by atomic mass is 9.85. The first-order chi connectivity index (χ1) is 9.70. The summed E-state index contributed by atoms with van der Waals surface area (Å²) in [6, 6.07) is 6.07. The van der Waals surface area contributed by atoms with Gasteiger partial charge in [0.2, 0.25) is 0 Å². The predicted octanol–water partition coefficient (Wildman–Crippen LogP) is 4.69. The van der Waals surface area contributed by atoms with E-state index in [1.54, 1.807) is 6.07 Å². The molecule has 2 saturated carbocycles. The van der Waals surface area contributed by atoms with Crippen LogP contribution in [-0.2, 0) is 6.42 Å². The zero-order chi connectivity index (χ0) is 13.9. The molecule has 1 atom stereocenters. The predicted molar refractivity (Wildman–Crippen MR) is 84.3 cm³/mol. The van der Waals surface area contributed by atoms with Crippen LogP contribution in [0.3, 0.4) is 0 Å². The first-order valence-corrected chi connectivity index (χ1v) is 8.68. The molecule has 0 spiro atoms. The summed E-state index contributed by atoms with van der Waals surface area (Å²) in [5.74, 6) is 1.35. The molecule has 1 N–H and O–H groups in total. The Morgan fingerprint density at radius 1 is 1.15 bits per heavy atom. The number of hydrogen-bond donors (Lipinski definition) is 1. The topological polar surface area (TPSA) is 12.0 Å². The van der Waals surface area contributed by atoms with Crippen molar-refractivity contribution < 1.29 is 4.39 Å². The maximum atomic E-state index is 13.5. The molecule has 0 aromatic heterocycles. The van der Waals surface area contributed by atoms with Gasteiger partial charge < -0.3 is 5.32 Å². The van der Waals surface area contributed by atoms with Gasteiger partial charge in [0.1, 0.15) is 5.82 Å². The molecule has 1 aromatic rings. The van der Waals surface area contributed by atoms with Crippen molar-refractivity contribution in [2.24, 2.45) is 11.8 Å². The van der Waals surface area contributed by atoms with Gasteiger partial charge >= 0.3 is 0 Å². The average molecular weight is 340 g/mol. The van der Waals surface area contributed by atoms with Crippen molar-refractivity contribution in [2.75, 3.05) is 6.54 Å². The van der Waals surface area contributed by atoms with Crippen LogP contribution in [0.25, 0.3) is 0 Å². The van der Waals surface area contributed by atoms with Crippen LogP contribution in [0.4, 0.5) is 4.39 Å². The third-order valence-corrected chi connectivity index (χ3v) is 5.19. The van der Waals surface area contributed by atoms with Gasteiger partial charge in [-0.2, -0.15) is 0 Å². The highest BCUT2D eigenvalue weighted by molar-refractivity contribution is 9.10. The Morgan fingerprint density at radius 2 is 1.90 bits per heavy atom. The zero-order valence-electron chi connectivity index (χ0n) is 11.9. The van der Waals surface area contributed by atoms with Crippen molar-refractivity contribution in [2.45, 2.75) is 51.0 Å². The third-order valence-electron chi connectivity index (χ3n) is 4.73. The molecule has 0 bridgehead atoms. The van der Waals surface area contributed by atoms with E-state index in [2.05, 4.69) is 27.3 Å². The Hall–Kier alpha value is -0.410. The van der Waals surface area contributed by atoms with E-state index in [-0.39, 0.29) is 5.82 Å². The van der Waals surface area contributed by atoms with Gasteiger partial charge in [-0.1, -0.05) is 41.6 Å². The van der Waals surface area contributed by atoms with E-state index in [1.165, 1.54) is 44.6 Å². The molecule has 2 fully saturated rings. The minimum atomic E-state index is -0.130. The summed E-state index contributed by atoms with van der Waals surface area (Å²) in [5.41, 5.74) is 1.13. The summed E-state index contributed by atoms with van der Waals surface area (Å²) in [5, 5.41) is 3.68. The molecule has 0 saturated heterocycles. The van der Waals surface area contributed by atoms with Crippen LogP contribution in [0.5, 0.6) is 0 Å². The number of benzene rings is 1. The minimum Gasteiger partial charge on any atom is -0.314 e. The highest BCUT2D eigenvalue weighted by atomic mass is 79.9. The van der Waals surface area contributed by atoms with Gasteiger partial charge in [0.15, 0.2) is 0 Å². The first kappa shape index (κ1) is 14.5. The Morgan fingerprint density at radius 3 is 2.55 bits per heavy atom. The van der Waals surface area contributed by atoms with Gasteiger partial charge in [-0.25, -0.2) is 4.39 Å². The van der Waals surface area contributed by atoms with Crippen molar-refractivity contribution in [1.82, 2.24) is 5.32 Å². The smallest absolute Gasteiger partial charge is 0.124 e. The molecule has 2 aliphatic rings. The van der Waals surface area contributed by atoms with Crippen molar-refractivity contribution in [1.29, 1.82) is 0 Å². The molecule has 0 radical (unpaired) electrons. The fourth-order valence-corrected chi connectivity index (χ4v) is 3.98. The van der Waals surface area contributed by atoms with Crippen molar-refractivity contribution in [3.8, 4) is 0 Å². The summed E-state index contributed by atoms with van der Waals surface area (Å²) < 4.78 is 14.4. The van der Waals surface area contributed by atoms with Crippen molar-refractivity contribution >= 4 is 15.9 Å². The van der Waals surface area contributed by atoms with E-state index in [0.29, 0.717) is 5.92 Å².